The lowest BCUT2D eigenvalue weighted by Gasteiger charge is -2.17. The van der Waals surface area contributed by atoms with Crippen molar-refractivity contribution in [2.24, 2.45) is 0 Å². The van der Waals surface area contributed by atoms with Gasteiger partial charge in [0.2, 0.25) is 0 Å². The lowest BCUT2D eigenvalue weighted by Crippen LogP contribution is -2.26. The number of aromatic nitrogens is 1. The molecule has 4 aromatic rings. The Labute approximate surface area is 163 Å². The van der Waals surface area contributed by atoms with Crippen LogP contribution in [0.1, 0.15) is 28.9 Å². The molecule has 0 aliphatic heterocycles. The van der Waals surface area contributed by atoms with Crippen molar-refractivity contribution < 1.29 is 9.53 Å². The third-order valence-corrected chi connectivity index (χ3v) is 4.62. The summed E-state index contributed by atoms with van der Waals surface area (Å²) in [6, 6.07) is 25.0. The molecule has 4 nitrogen and oxygen atoms in total. The Morgan fingerprint density at radius 2 is 1.68 bits per heavy atom. The highest BCUT2D eigenvalue weighted by Crippen LogP contribution is 2.25. The minimum atomic E-state index is -0.117. The number of amides is 1. The molecular formula is C24H20N2O2. The Morgan fingerprint density at radius 3 is 2.46 bits per heavy atom. The molecule has 0 fully saturated rings. The number of carbonyl (C=O) groups excluding carboxylic acids is 1. The van der Waals surface area contributed by atoms with Gasteiger partial charge in [0.25, 0.3) is 5.91 Å². The van der Waals surface area contributed by atoms with E-state index >= 15 is 0 Å². The number of carbonyl (C=O) groups is 1. The summed E-state index contributed by atoms with van der Waals surface area (Å²) < 4.78 is 5.72. The molecule has 0 aliphatic rings. The van der Waals surface area contributed by atoms with E-state index in [1.807, 2.05) is 37.3 Å². The van der Waals surface area contributed by atoms with Crippen molar-refractivity contribution in [1.82, 2.24) is 10.3 Å². The topological polar surface area (TPSA) is 51.2 Å². The maximum Gasteiger partial charge on any atom is 0.251 e. The first-order valence-corrected chi connectivity index (χ1v) is 9.17. The maximum atomic E-state index is 12.7. The molecule has 0 radical (unpaired) electrons. The summed E-state index contributed by atoms with van der Waals surface area (Å²) in [7, 11) is 0. The first kappa shape index (κ1) is 17.7. The fraction of sp³-hybridized carbons (Fsp3) is 0.0833. The highest BCUT2D eigenvalue weighted by atomic mass is 16.5. The van der Waals surface area contributed by atoms with Crippen molar-refractivity contribution in [3.05, 3.63) is 102 Å². The van der Waals surface area contributed by atoms with Crippen molar-refractivity contribution in [1.29, 1.82) is 0 Å². The van der Waals surface area contributed by atoms with Gasteiger partial charge in [0.1, 0.15) is 11.5 Å². The van der Waals surface area contributed by atoms with Gasteiger partial charge in [-0.15, -0.1) is 0 Å². The van der Waals surface area contributed by atoms with Crippen LogP contribution in [-0.2, 0) is 0 Å². The first-order chi connectivity index (χ1) is 13.7. The fourth-order valence-electron chi connectivity index (χ4n) is 3.20. The summed E-state index contributed by atoms with van der Waals surface area (Å²) in [5.74, 6) is 1.20. The van der Waals surface area contributed by atoms with Crippen LogP contribution in [-0.4, -0.2) is 10.9 Å². The van der Waals surface area contributed by atoms with E-state index in [0.29, 0.717) is 17.1 Å². The minimum absolute atomic E-state index is 0.107. The van der Waals surface area contributed by atoms with E-state index in [2.05, 4.69) is 34.6 Å². The zero-order chi connectivity index (χ0) is 19.3. The summed E-state index contributed by atoms with van der Waals surface area (Å²) in [6.07, 6.45) is 3.34. The predicted molar refractivity (Wildman–Crippen MR) is 111 cm³/mol. The van der Waals surface area contributed by atoms with Crippen LogP contribution in [0.4, 0.5) is 0 Å². The molecule has 4 heteroatoms. The monoisotopic (exact) mass is 368 g/mol. The Balaban J connectivity index is 1.47. The molecule has 0 saturated heterocycles. The summed E-state index contributed by atoms with van der Waals surface area (Å²) >= 11 is 0. The highest BCUT2D eigenvalue weighted by molar-refractivity contribution is 5.95. The quantitative estimate of drug-likeness (QED) is 0.505. The maximum absolute atomic E-state index is 12.7. The molecule has 0 bridgehead atoms. The average molecular weight is 368 g/mol. The van der Waals surface area contributed by atoms with E-state index in [1.165, 1.54) is 0 Å². The summed E-state index contributed by atoms with van der Waals surface area (Å²) in [5.41, 5.74) is 1.69. The highest BCUT2D eigenvalue weighted by Gasteiger charge is 2.13. The van der Waals surface area contributed by atoms with Crippen molar-refractivity contribution in [2.45, 2.75) is 13.0 Å². The molecular weight excluding hydrogens is 348 g/mol. The van der Waals surface area contributed by atoms with E-state index in [0.717, 1.165) is 16.3 Å². The molecule has 1 unspecified atom stereocenters. The number of hydrogen-bond donors (Lipinski definition) is 1. The predicted octanol–water partition coefficient (Wildman–Crippen LogP) is 5.52. The van der Waals surface area contributed by atoms with Crippen molar-refractivity contribution in [3.63, 3.8) is 0 Å². The molecule has 4 rings (SSSR count). The van der Waals surface area contributed by atoms with Crippen LogP contribution >= 0.6 is 0 Å². The van der Waals surface area contributed by atoms with Crippen LogP contribution in [0.15, 0.2) is 91.3 Å². The number of nitrogens with zero attached hydrogens (tertiary/aromatic N) is 1. The van der Waals surface area contributed by atoms with Crippen LogP contribution in [0.5, 0.6) is 11.5 Å². The third-order valence-electron chi connectivity index (χ3n) is 4.62. The summed E-state index contributed by atoms with van der Waals surface area (Å²) in [6.45, 7) is 2.00. The van der Waals surface area contributed by atoms with E-state index in [-0.39, 0.29) is 11.9 Å². The molecule has 28 heavy (non-hydrogen) atoms. The van der Waals surface area contributed by atoms with E-state index in [4.69, 9.17) is 4.74 Å². The molecule has 1 N–H and O–H groups in total. The van der Waals surface area contributed by atoms with Crippen molar-refractivity contribution >= 4 is 16.7 Å². The van der Waals surface area contributed by atoms with Crippen LogP contribution < -0.4 is 10.1 Å². The van der Waals surface area contributed by atoms with Gasteiger partial charge in [-0.25, -0.2) is 0 Å². The van der Waals surface area contributed by atoms with Crippen LogP contribution in [0, 0.1) is 0 Å². The Morgan fingerprint density at radius 1 is 0.893 bits per heavy atom. The number of nitrogens with one attached hydrogen (secondary N) is 1. The molecule has 1 aromatic heterocycles. The van der Waals surface area contributed by atoms with Crippen molar-refractivity contribution in [3.8, 4) is 11.5 Å². The normalized spacial score (nSPS) is 11.8. The molecule has 0 spiro atoms. The molecule has 0 saturated carbocycles. The molecule has 1 amide bonds. The van der Waals surface area contributed by atoms with Gasteiger partial charge in [0.15, 0.2) is 0 Å². The standard InChI is InChI=1S/C24H20N2O2/c1-17(22-10-4-7-18-6-2-3-9-23(18)22)26-24(27)19-11-13-20(14-12-19)28-21-8-5-15-25-16-21/h2-17H,1H3,(H,26,27). The minimum Gasteiger partial charge on any atom is -0.456 e. The molecule has 1 heterocycles. The van der Waals surface area contributed by atoms with Gasteiger partial charge in [-0.05, 0) is 59.7 Å². The van der Waals surface area contributed by atoms with E-state index in [1.54, 1.807) is 36.7 Å². The fourth-order valence-corrected chi connectivity index (χ4v) is 3.20. The first-order valence-electron chi connectivity index (χ1n) is 9.17. The molecule has 1 atom stereocenters. The average Bonchev–Trinajstić information content (AvgIpc) is 2.74. The molecule has 138 valence electrons. The van der Waals surface area contributed by atoms with Gasteiger partial charge in [0.05, 0.1) is 12.2 Å². The Kier molecular flexibility index (Phi) is 5.02. The lowest BCUT2D eigenvalue weighted by molar-refractivity contribution is 0.0940. The van der Waals surface area contributed by atoms with Crippen LogP contribution in [0.3, 0.4) is 0 Å². The number of ether oxygens (including phenoxy) is 1. The smallest absolute Gasteiger partial charge is 0.251 e. The van der Waals surface area contributed by atoms with Crippen LogP contribution in [0.25, 0.3) is 10.8 Å². The third kappa shape index (κ3) is 3.86. The van der Waals surface area contributed by atoms with Crippen LogP contribution in [0.2, 0.25) is 0 Å². The number of hydrogen-bond acceptors (Lipinski definition) is 3. The zero-order valence-corrected chi connectivity index (χ0v) is 15.5. The molecule has 3 aromatic carbocycles. The van der Waals surface area contributed by atoms with E-state index in [9.17, 15) is 4.79 Å². The van der Waals surface area contributed by atoms with Gasteiger partial charge < -0.3 is 10.1 Å². The van der Waals surface area contributed by atoms with E-state index < -0.39 is 0 Å². The van der Waals surface area contributed by atoms with Gasteiger partial charge >= 0.3 is 0 Å². The van der Waals surface area contributed by atoms with Gasteiger partial charge in [0, 0.05) is 11.8 Å². The second-order valence-electron chi connectivity index (χ2n) is 6.58. The molecule has 0 aliphatic carbocycles. The second-order valence-corrected chi connectivity index (χ2v) is 6.58. The number of rotatable bonds is 5. The lowest BCUT2D eigenvalue weighted by atomic mass is 9.99. The number of benzene rings is 3. The SMILES string of the molecule is CC(NC(=O)c1ccc(Oc2cccnc2)cc1)c1cccc2ccccc12. The zero-order valence-electron chi connectivity index (χ0n) is 15.5. The van der Waals surface area contributed by atoms with Gasteiger partial charge in [-0.1, -0.05) is 42.5 Å². The van der Waals surface area contributed by atoms with Gasteiger partial charge in [-0.2, -0.15) is 0 Å². The Bertz CT molecular complexity index is 1090. The Hall–Kier alpha value is -3.66. The number of fused-ring (bicyclic) bond motifs is 1. The van der Waals surface area contributed by atoms with Crippen molar-refractivity contribution in [2.75, 3.05) is 0 Å². The largest absolute Gasteiger partial charge is 0.456 e. The summed E-state index contributed by atoms with van der Waals surface area (Å²) in [4.78, 5) is 16.7. The number of pyridine rings is 1. The second kappa shape index (κ2) is 7.92. The summed E-state index contributed by atoms with van der Waals surface area (Å²) in [5, 5.41) is 5.40. The van der Waals surface area contributed by atoms with Gasteiger partial charge in [-0.3, -0.25) is 9.78 Å².